The van der Waals surface area contributed by atoms with E-state index >= 15 is 0 Å². The average molecular weight is 368 g/mol. The molecule has 0 fully saturated rings. The van der Waals surface area contributed by atoms with Crippen molar-refractivity contribution < 1.29 is 19.1 Å². The number of hydrogen-bond acceptors (Lipinski definition) is 4. The van der Waals surface area contributed by atoms with Crippen molar-refractivity contribution in [1.82, 2.24) is 10.6 Å². The molecule has 1 aliphatic rings. The summed E-state index contributed by atoms with van der Waals surface area (Å²) in [5.41, 5.74) is 1.82. The van der Waals surface area contributed by atoms with Crippen LogP contribution in [0.1, 0.15) is 25.0 Å². The molecule has 2 aromatic carbocycles. The van der Waals surface area contributed by atoms with Gasteiger partial charge in [-0.25, -0.2) is 0 Å². The first-order chi connectivity index (χ1) is 13.0. The maximum Gasteiger partial charge on any atom is 0.243 e. The molecule has 0 saturated carbocycles. The van der Waals surface area contributed by atoms with E-state index in [0.29, 0.717) is 18.0 Å². The second-order valence-corrected chi connectivity index (χ2v) is 6.86. The molecular weight excluding hydrogens is 344 g/mol. The second-order valence-electron chi connectivity index (χ2n) is 6.86. The van der Waals surface area contributed by atoms with Gasteiger partial charge in [-0.3, -0.25) is 9.59 Å². The molecule has 2 N–H and O–H groups in total. The van der Waals surface area contributed by atoms with Crippen molar-refractivity contribution in [3.05, 3.63) is 59.7 Å². The van der Waals surface area contributed by atoms with Gasteiger partial charge in [-0.1, -0.05) is 50.2 Å². The average Bonchev–Trinajstić information content (AvgIpc) is 3.12. The van der Waals surface area contributed by atoms with E-state index in [9.17, 15) is 9.59 Å². The van der Waals surface area contributed by atoms with E-state index in [1.54, 1.807) is 0 Å². The van der Waals surface area contributed by atoms with Crippen molar-refractivity contribution in [2.45, 2.75) is 32.9 Å². The van der Waals surface area contributed by atoms with Gasteiger partial charge in [-0.15, -0.1) is 0 Å². The molecule has 0 aromatic heterocycles. The third-order valence-corrected chi connectivity index (χ3v) is 4.38. The molecular formula is C21H24N2O4. The molecule has 1 atom stereocenters. The smallest absolute Gasteiger partial charge is 0.243 e. The summed E-state index contributed by atoms with van der Waals surface area (Å²) >= 11 is 0. The van der Waals surface area contributed by atoms with Crippen LogP contribution in [0, 0.1) is 5.92 Å². The molecule has 2 amide bonds. The van der Waals surface area contributed by atoms with Gasteiger partial charge in [0.1, 0.15) is 6.04 Å². The van der Waals surface area contributed by atoms with Crippen LogP contribution < -0.4 is 20.1 Å². The van der Waals surface area contributed by atoms with Crippen LogP contribution in [0.15, 0.2) is 48.5 Å². The molecule has 0 unspecified atom stereocenters. The topological polar surface area (TPSA) is 76.7 Å². The number of hydrogen-bond donors (Lipinski definition) is 2. The van der Waals surface area contributed by atoms with Crippen molar-refractivity contribution in [2.75, 3.05) is 6.79 Å². The Balaban J connectivity index is 1.55. The summed E-state index contributed by atoms with van der Waals surface area (Å²) in [5, 5.41) is 5.74. The molecule has 3 rings (SSSR count). The lowest BCUT2D eigenvalue weighted by Crippen LogP contribution is -2.49. The Bertz CT molecular complexity index is 805. The second kappa shape index (κ2) is 8.58. The molecule has 0 bridgehead atoms. The van der Waals surface area contributed by atoms with Gasteiger partial charge >= 0.3 is 0 Å². The normalized spacial score (nSPS) is 13.3. The first-order valence-corrected chi connectivity index (χ1v) is 9.02. The molecule has 1 heterocycles. The standard InChI is InChI=1S/C21H24N2O4/c1-14(2)20(23-19(24)11-15-6-4-3-5-7-15)21(25)22-12-16-8-9-17-18(10-16)27-13-26-17/h3-10,14,20H,11-13H2,1-2H3,(H,22,25)(H,23,24)/t20-/m0/s1. The highest BCUT2D eigenvalue weighted by Gasteiger charge is 2.24. The molecule has 142 valence electrons. The van der Waals surface area contributed by atoms with Gasteiger partial charge in [0.15, 0.2) is 11.5 Å². The largest absolute Gasteiger partial charge is 0.454 e. The van der Waals surface area contributed by atoms with E-state index in [2.05, 4.69) is 10.6 Å². The summed E-state index contributed by atoms with van der Waals surface area (Å²) in [4.78, 5) is 24.9. The van der Waals surface area contributed by atoms with Crippen molar-refractivity contribution in [3.63, 3.8) is 0 Å². The third kappa shape index (κ3) is 5.00. The summed E-state index contributed by atoms with van der Waals surface area (Å²) in [6.45, 7) is 4.39. The minimum absolute atomic E-state index is 0.0264. The van der Waals surface area contributed by atoms with E-state index in [4.69, 9.17) is 9.47 Å². The number of nitrogens with one attached hydrogen (secondary N) is 2. The maximum absolute atomic E-state index is 12.6. The van der Waals surface area contributed by atoms with Crippen LogP contribution >= 0.6 is 0 Å². The Morgan fingerprint density at radius 3 is 2.48 bits per heavy atom. The van der Waals surface area contributed by atoms with Gasteiger partial charge in [-0.2, -0.15) is 0 Å². The summed E-state index contributed by atoms with van der Waals surface area (Å²) in [6, 6.07) is 14.4. The SMILES string of the molecule is CC(C)[C@H](NC(=O)Cc1ccccc1)C(=O)NCc1ccc2c(c1)OCO2. The molecule has 6 nitrogen and oxygen atoms in total. The summed E-state index contributed by atoms with van der Waals surface area (Å²) < 4.78 is 10.6. The molecule has 0 radical (unpaired) electrons. The van der Waals surface area contributed by atoms with Gasteiger partial charge in [0, 0.05) is 6.54 Å². The lowest BCUT2D eigenvalue weighted by Gasteiger charge is -2.22. The Kier molecular flexibility index (Phi) is 5.96. The first-order valence-electron chi connectivity index (χ1n) is 9.02. The van der Waals surface area contributed by atoms with Crippen LogP contribution in [0.4, 0.5) is 0 Å². The van der Waals surface area contributed by atoms with Crippen molar-refractivity contribution in [3.8, 4) is 11.5 Å². The van der Waals surface area contributed by atoms with Crippen molar-refractivity contribution in [2.24, 2.45) is 5.92 Å². The summed E-state index contributed by atoms with van der Waals surface area (Å²) in [6.07, 6.45) is 0.250. The fraction of sp³-hybridized carbons (Fsp3) is 0.333. The Labute approximate surface area is 158 Å². The Morgan fingerprint density at radius 2 is 1.74 bits per heavy atom. The Hall–Kier alpha value is -3.02. The molecule has 0 aliphatic carbocycles. The zero-order valence-electron chi connectivity index (χ0n) is 15.5. The van der Waals surface area contributed by atoms with Crippen LogP contribution in [0.2, 0.25) is 0 Å². The van der Waals surface area contributed by atoms with Crippen LogP contribution in [-0.2, 0) is 22.6 Å². The van der Waals surface area contributed by atoms with Crippen molar-refractivity contribution >= 4 is 11.8 Å². The van der Waals surface area contributed by atoms with Crippen LogP contribution in [0.25, 0.3) is 0 Å². The van der Waals surface area contributed by atoms with E-state index in [1.807, 2.05) is 62.4 Å². The molecule has 0 saturated heterocycles. The summed E-state index contributed by atoms with van der Waals surface area (Å²) in [5.74, 6) is 0.986. The number of carbonyl (C=O) groups is 2. The first kappa shape index (κ1) is 18.8. The minimum atomic E-state index is -0.588. The fourth-order valence-electron chi connectivity index (χ4n) is 2.89. The quantitative estimate of drug-likeness (QED) is 0.787. The minimum Gasteiger partial charge on any atom is -0.454 e. The molecule has 1 aliphatic heterocycles. The maximum atomic E-state index is 12.6. The van der Waals surface area contributed by atoms with Gasteiger partial charge in [0.05, 0.1) is 6.42 Å². The van der Waals surface area contributed by atoms with E-state index in [0.717, 1.165) is 11.1 Å². The lowest BCUT2D eigenvalue weighted by atomic mass is 10.0. The molecule has 0 spiro atoms. The number of amides is 2. The van der Waals surface area contributed by atoms with E-state index in [1.165, 1.54) is 0 Å². The van der Waals surface area contributed by atoms with Gasteiger partial charge in [0.2, 0.25) is 18.6 Å². The number of benzene rings is 2. The number of ether oxygens (including phenoxy) is 2. The highest BCUT2D eigenvalue weighted by Crippen LogP contribution is 2.32. The van der Waals surface area contributed by atoms with Gasteiger partial charge in [0.25, 0.3) is 0 Å². The zero-order valence-corrected chi connectivity index (χ0v) is 15.5. The third-order valence-electron chi connectivity index (χ3n) is 4.38. The van der Waals surface area contributed by atoms with Gasteiger partial charge in [-0.05, 0) is 29.2 Å². The predicted molar refractivity (Wildman–Crippen MR) is 101 cm³/mol. The Morgan fingerprint density at radius 1 is 1.00 bits per heavy atom. The van der Waals surface area contributed by atoms with Crippen LogP contribution in [0.5, 0.6) is 11.5 Å². The van der Waals surface area contributed by atoms with Crippen LogP contribution in [0.3, 0.4) is 0 Å². The van der Waals surface area contributed by atoms with E-state index in [-0.39, 0.29) is 30.9 Å². The predicted octanol–water partition coefficient (Wildman–Crippen LogP) is 2.42. The van der Waals surface area contributed by atoms with Crippen LogP contribution in [-0.4, -0.2) is 24.6 Å². The summed E-state index contributed by atoms with van der Waals surface area (Å²) in [7, 11) is 0. The highest BCUT2D eigenvalue weighted by atomic mass is 16.7. The molecule has 2 aromatic rings. The number of fused-ring (bicyclic) bond motifs is 1. The number of carbonyl (C=O) groups excluding carboxylic acids is 2. The zero-order chi connectivity index (χ0) is 19.2. The fourth-order valence-corrected chi connectivity index (χ4v) is 2.89. The lowest BCUT2D eigenvalue weighted by molar-refractivity contribution is -0.129. The monoisotopic (exact) mass is 368 g/mol. The highest BCUT2D eigenvalue weighted by molar-refractivity contribution is 5.88. The van der Waals surface area contributed by atoms with Crippen molar-refractivity contribution in [1.29, 1.82) is 0 Å². The molecule has 6 heteroatoms. The van der Waals surface area contributed by atoms with E-state index < -0.39 is 6.04 Å². The number of rotatable bonds is 7. The molecule has 27 heavy (non-hydrogen) atoms. The van der Waals surface area contributed by atoms with Gasteiger partial charge < -0.3 is 20.1 Å².